The molecule has 1 aliphatic carbocycles. The van der Waals surface area contributed by atoms with E-state index < -0.39 is 0 Å². The fraction of sp³-hybridized carbons (Fsp3) is 0.929. The highest BCUT2D eigenvalue weighted by Gasteiger charge is 2.32. The van der Waals surface area contributed by atoms with Gasteiger partial charge in [0.1, 0.15) is 0 Å². The summed E-state index contributed by atoms with van der Waals surface area (Å²) >= 11 is 0. The molecule has 1 N–H and O–H groups in total. The number of rotatable bonds is 1. The van der Waals surface area contributed by atoms with Crippen LogP contribution in [0.5, 0.6) is 0 Å². The van der Waals surface area contributed by atoms with E-state index in [2.05, 4.69) is 31.1 Å². The third kappa shape index (κ3) is 2.97. The molecule has 4 nitrogen and oxygen atoms in total. The van der Waals surface area contributed by atoms with Crippen molar-refractivity contribution in [1.29, 1.82) is 0 Å². The Bertz CT molecular complexity index is 289. The van der Waals surface area contributed by atoms with Crippen molar-refractivity contribution < 1.29 is 4.79 Å². The summed E-state index contributed by atoms with van der Waals surface area (Å²) in [4.78, 5) is 16.7. The third-order valence-electron chi connectivity index (χ3n) is 4.77. The van der Waals surface area contributed by atoms with Gasteiger partial charge in [0.2, 0.25) is 0 Å². The lowest BCUT2D eigenvalue weighted by Gasteiger charge is -2.43. The predicted octanol–water partition coefficient (Wildman–Crippen LogP) is 2.05. The summed E-state index contributed by atoms with van der Waals surface area (Å²) in [6.45, 7) is 6.18. The lowest BCUT2D eigenvalue weighted by Crippen LogP contribution is -2.60. The van der Waals surface area contributed by atoms with Crippen LogP contribution in [0.2, 0.25) is 0 Å². The third-order valence-corrected chi connectivity index (χ3v) is 4.77. The van der Waals surface area contributed by atoms with E-state index in [-0.39, 0.29) is 6.03 Å². The van der Waals surface area contributed by atoms with Crippen molar-refractivity contribution in [3.63, 3.8) is 0 Å². The van der Waals surface area contributed by atoms with E-state index in [9.17, 15) is 4.79 Å². The Balaban J connectivity index is 1.88. The van der Waals surface area contributed by atoms with Gasteiger partial charge in [-0.05, 0) is 33.7 Å². The topological polar surface area (TPSA) is 35.6 Å². The molecule has 0 spiro atoms. The predicted molar refractivity (Wildman–Crippen MR) is 73.7 cm³/mol. The van der Waals surface area contributed by atoms with Crippen molar-refractivity contribution >= 4 is 6.03 Å². The zero-order valence-corrected chi connectivity index (χ0v) is 12.0. The molecule has 0 unspecified atom stereocenters. The van der Waals surface area contributed by atoms with Crippen molar-refractivity contribution in [3.8, 4) is 0 Å². The molecular weight excluding hydrogens is 226 g/mol. The van der Waals surface area contributed by atoms with Crippen LogP contribution in [0.25, 0.3) is 0 Å². The van der Waals surface area contributed by atoms with E-state index in [0.717, 1.165) is 25.9 Å². The second-order valence-corrected chi connectivity index (χ2v) is 5.94. The van der Waals surface area contributed by atoms with Crippen molar-refractivity contribution in [2.45, 2.75) is 64.1 Å². The van der Waals surface area contributed by atoms with Crippen LogP contribution in [-0.4, -0.2) is 54.1 Å². The number of hydrogen-bond acceptors (Lipinski definition) is 2. The SMILES string of the molecule is C[C@@H]1[C@@H](C)N(C(=O)NC2CCCCC2)CCN1C. The fourth-order valence-corrected chi connectivity index (χ4v) is 3.09. The number of likely N-dealkylation sites (N-methyl/N-ethyl adjacent to an activating group) is 1. The Morgan fingerprint density at radius 1 is 1.06 bits per heavy atom. The molecule has 0 aromatic carbocycles. The minimum absolute atomic E-state index is 0.148. The van der Waals surface area contributed by atoms with E-state index in [1.807, 2.05) is 4.90 Å². The first-order chi connectivity index (χ1) is 8.59. The molecular formula is C14H27N3O. The van der Waals surface area contributed by atoms with Crippen molar-refractivity contribution in [2.75, 3.05) is 20.1 Å². The van der Waals surface area contributed by atoms with Crippen LogP contribution in [-0.2, 0) is 0 Å². The highest BCUT2D eigenvalue weighted by atomic mass is 16.2. The second-order valence-electron chi connectivity index (χ2n) is 5.94. The van der Waals surface area contributed by atoms with Gasteiger partial charge in [0.25, 0.3) is 0 Å². The molecule has 1 aliphatic heterocycles. The largest absolute Gasteiger partial charge is 0.335 e. The first kappa shape index (κ1) is 13.7. The van der Waals surface area contributed by atoms with Gasteiger partial charge in [-0.25, -0.2) is 4.79 Å². The number of piperazine rings is 1. The van der Waals surface area contributed by atoms with Gasteiger partial charge in [-0.3, -0.25) is 4.90 Å². The highest BCUT2D eigenvalue weighted by molar-refractivity contribution is 5.75. The summed E-state index contributed by atoms with van der Waals surface area (Å²) in [5, 5.41) is 3.22. The molecule has 4 heteroatoms. The average Bonchev–Trinajstić information content (AvgIpc) is 2.37. The van der Waals surface area contributed by atoms with Crippen LogP contribution in [0.1, 0.15) is 46.0 Å². The molecule has 0 aromatic heterocycles. The number of carbonyl (C=O) groups is 1. The van der Waals surface area contributed by atoms with Crippen LogP contribution >= 0.6 is 0 Å². The molecule has 2 aliphatic rings. The summed E-state index contributed by atoms with van der Waals surface area (Å²) in [6, 6.07) is 1.30. The molecule has 2 fully saturated rings. The first-order valence-electron chi connectivity index (χ1n) is 7.37. The zero-order valence-electron chi connectivity index (χ0n) is 12.0. The summed E-state index contributed by atoms with van der Waals surface area (Å²) in [7, 11) is 2.14. The van der Waals surface area contributed by atoms with Gasteiger partial charge in [-0.2, -0.15) is 0 Å². The maximum atomic E-state index is 12.3. The molecule has 2 atom stereocenters. The molecule has 2 amide bonds. The molecule has 0 bridgehead atoms. The van der Waals surface area contributed by atoms with Crippen molar-refractivity contribution in [2.24, 2.45) is 0 Å². The van der Waals surface area contributed by atoms with E-state index >= 15 is 0 Å². The van der Waals surface area contributed by atoms with Gasteiger partial charge in [0.05, 0.1) is 0 Å². The zero-order chi connectivity index (χ0) is 13.1. The quantitative estimate of drug-likeness (QED) is 0.776. The number of carbonyl (C=O) groups excluding carboxylic acids is 1. The molecule has 1 heterocycles. The summed E-state index contributed by atoms with van der Waals surface area (Å²) in [5.41, 5.74) is 0. The standard InChI is InChI=1S/C14H27N3O/c1-11-12(2)17(10-9-16(11)3)14(18)15-13-7-5-4-6-8-13/h11-13H,4-10H2,1-3H3,(H,15,18)/t11-,12-/m1/s1. The Morgan fingerprint density at radius 2 is 1.72 bits per heavy atom. The molecule has 1 saturated heterocycles. The van der Waals surface area contributed by atoms with E-state index in [1.165, 1.54) is 19.3 Å². The first-order valence-corrected chi connectivity index (χ1v) is 7.37. The van der Waals surface area contributed by atoms with Gasteiger partial charge in [-0.1, -0.05) is 19.3 Å². The molecule has 104 valence electrons. The van der Waals surface area contributed by atoms with E-state index in [0.29, 0.717) is 18.1 Å². The van der Waals surface area contributed by atoms with E-state index in [1.54, 1.807) is 0 Å². The van der Waals surface area contributed by atoms with Gasteiger partial charge in [0.15, 0.2) is 0 Å². The molecule has 0 aromatic rings. The summed E-state index contributed by atoms with van der Waals surface area (Å²) in [5.74, 6) is 0. The number of urea groups is 1. The Kier molecular flexibility index (Phi) is 4.49. The van der Waals surface area contributed by atoms with Crippen LogP contribution in [0, 0.1) is 0 Å². The monoisotopic (exact) mass is 253 g/mol. The molecule has 1 saturated carbocycles. The molecule has 0 radical (unpaired) electrons. The second kappa shape index (κ2) is 5.91. The Morgan fingerprint density at radius 3 is 2.39 bits per heavy atom. The smallest absolute Gasteiger partial charge is 0.317 e. The minimum atomic E-state index is 0.148. The van der Waals surface area contributed by atoms with Gasteiger partial charge in [0, 0.05) is 31.2 Å². The fourth-order valence-electron chi connectivity index (χ4n) is 3.09. The van der Waals surface area contributed by atoms with Gasteiger partial charge >= 0.3 is 6.03 Å². The number of nitrogens with zero attached hydrogens (tertiary/aromatic N) is 2. The summed E-state index contributed by atoms with van der Waals surface area (Å²) < 4.78 is 0. The van der Waals surface area contributed by atoms with Crippen LogP contribution in [0.4, 0.5) is 4.79 Å². The number of amides is 2. The average molecular weight is 253 g/mol. The lowest BCUT2D eigenvalue weighted by molar-refractivity contribution is 0.0721. The van der Waals surface area contributed by atoms with Gasteiger partial charge < -0.3 is 10.2 Å². The molecule has 2 rings (SSSR count). The Labute approximate surface area is 111 Å². The van der Waals surface area contributed by atoms with Crippen LogP contribution in [0.15, 0.2) is 0 Å². The van der Waals surface area contributed by atoms with Crippen molar-refractivity contribution in [3.05, 3.63) is 0 Å². The maximum Gasteiger partial charge on any atom is 0.317 e. The minimum Gasteiger partial charge on any atom is -0.335 e. The summed E-state index contributed by atoms with van der Waals surface area (Å²) in [6.07, 6.45) is 6.17. The number of nitrogens with one attached hydrogen (secondary N) is 1. The van der Waals surface area contributed by atoms with Crippen LogP contribution in [0.3, 0.4) is 0 Å². The number of hydrogen-bond donors (Lipinski definition) is 1. The van der Waals surface area contributed by atoms with E-state index in [4.69, 9.17) is 0 Å². The molecule has 18 heavy (non-hydrogen) atoms. The van der Waals surface area contributed by atoms with Crippen LogP contribution < -0.4 is 5.32 Å². The van der Waals surface area contributed by atoms with Crippen molar-refractivity contribution in [1.82, 2.24) is 15.1 Å². The maximum absolute atomic E-state index is 12.3. The highest BCUT2D eigenvalue weighted by Crippen LogP contribution is 2.19. The lowest BCUT2D eigenvalue weighted by atomic mass is 9.95. The van der Waals surface area contributed by atoms with Gasteiger partial charge in [-0.15, -0.1) is 0 Å². The normalized spacial score (nSPS) is 31.4. The Hall–Kier alpha value is -0.770.